The zero-order chi connectivity index (χ0) is 15.9. The number of nitrogens with zero attached hydrogens (tertiary/aromatic N) is 4. The maximum Gasteiger partial charge on any atom is 0.453 e. The molecule has 3 aromatic rings. The van der Waals surface area contributed by atoms with Crippen molar-refractivity contribution in [1.29, 1.82) is 0 Å². The first-order valence-corrected chi connectivity index (χ1v) is 6.05. The van der Waals surface area contributed by atoms with Crippen molar-refractivity contribution in [2.75, 3.05) is 0 Å². The lowest BCUT2D eigenvalue weighted by molar-refractivity contribution is -0.144. The summed E-state index contributed by atoms with van der Waals surface area (Å²) in [7, 11) is 0. The normalized spacial score (nSPS) is 12.3. The van der Waals surface area contributed by atoms with Crippen LogP contribution in [0.15, 0.2) is 36.4 Å². The number of fused-ring (bicyclic) bond motifs is 1. The Morgan fingerprint density at radius 1 is 1.00 bits per heavy atom. The average molecular weight is 314 g/mol. The van der Waals surface area contributed by atoms with Gasteiger partial charge in [0.15, 0.2) is 0 Å². The molecule has 0 N–H and O–H groups in total. The second-order valence-corrected chi connectivity index (χ2v) is 4.38. The smallest absolute Gasteiger partial charge is 0.211 e. The zero-order valence-corrected chi connectivity index (χ0v) is 10.7. The number of hydrogen-bond acceptors (Lipinski definition) is 3. The predicted molar refractivity (Wildman–Crippen MR) is 66.2 cm³/mol. The molecule has 0 unspecified atom stereocenters. The van der Waals surface area contributed by atoms with Crippen molar-refractivity contribution < 1.29 is 22.0 Å². The summed E-state index contributed by atoms with van der Waals surface area (Å²) >= 11 is 0. The molecule has 0 amide bonds. The summed E-state index contributed by atoms with van der Waals surface area (Å²) in [6.45, 7) is 0. The SMILES string of the molecule is FC(F)c1cc(-c2ccccc2)nc2nc(C(F)(F)F)nn12. The van der Waals surface area contributed by atoms with Crippen LogP contribution < -0.4 is 0 Å². The lowest BCUT2D eigenvalue weighted by Crippen LogP contribution is -2.08. The molecule has 0 saturated heterocycles. The summed E-state index contributed by atoms with van der Waals surface area (Å²) in [5.74, 6) is -2.03. The molecule has 0 aliphatic rings. The molecule has 0 aliphatic carbocycles. The van der Waals surface area contributed by atoms with Gasteiger partial charge in [0.25, 0.3) is 18.0 Å². The number of benzene rings is 1. The van der Waals surface area contributed by atoms with Crippen molar-refractivity contribution in [3.63, 3.8) is 0 Å². The molecule has 0 saturated carbocycles. The maximum absolute atomic E-state index is 13.1. The van der Waals surface area contributed by atoms with Gasteiger partial charge in [0, 0.05) is 5.56 Å². The third kappa shape index (κ3) is 2.49. The summed E-state index contributed by atoms with van der Waals surface area (Å²) < 4.78 is 64.5. The van der Waals surface area contributed by atoms with E-state index >= 15 is 0 Å². The highest BCUT2D eigenvalue weighted by molar-refractivity contribution is 5.61. The third-order valence-electron chi connectivity index (χ3n) is 2.89. The standard InChI is InChI=1S/C13H7F5N4/c14-10(15)9-6-8(7-4-2-1-3-5-7)19-12-20-11(13(16,17)18)21-22(9)12/h1-6,10H. The largest absolute Gasteiger partial charge is 0.453 e. The fourth-order valence-electron chi connectivity index (χ4n) is 1.92. The maximum atomic E-state index is 13.1. The summed E-state index contributed by atoms with van der Waals surface area (Å²) in [5.41, 5.74) is -0.111. The van der Waals surface area contributed by atoms with Crippen LogP contribution in [0.5, 0.6) is 0 Å². The second kappa shape index (κ2) is 5.00. The van der Waals surface area contributed by atoms with E-state index in [2.05, 4.69) is 15.1 Å². The van der Waals surface area contributed by atoms with E-state index in [4.69, 9.17) is 0 Å². The number of hydrogen-bond donors (Lipinski definition) is 0. The first-order valence-electron chi connectivity index (χ1n) is 6.05. The Morgan fingerprint density at radius 2 is 1.68 bits per heavy atom. The van der Waals surface area contributed by atoms with Gasteiger partial charge in [-0.1, -0.05) is 30.3 Å². The van der Waals surface area contributed by atoms with Crippen molar-refractivity contribution in [2.24, 2.45) is 0 Å². The Labute approximate surface area is 120 Å². The van der Waals surface area contributed by atoms with Crippen LogP contribution in [0, 0.1) is 0 Å². The van der Waals surface area contributed by atoms with Crippen molar-refractivity contribution in [3.8, 4) is 11.3 Å². The topological polar surface area (TPSA) is 43.1 Å². The molecule has 0 radical (unpaired) electrons. The highest BCUT2D eigenvalue weighted by Gasteiger charge is 2.37. The molecule has 4 nitrogen and oxygen atoms in total. The first kappa shape index (κ1) is 14.4. The Hall–Kier alpha value is -2.58. The minimum Gasteiger partial charge on any atom is -0.211 e. The van der Waals surface area contributed by atoms with Crippen LogP contribution >= 0.6 is 0 Å². The van der Waals surface area contributed by atoms with Crippen LogP contribution in [0.3, 0.4) is 0 Å². The third-order valence-corrected chi connectivity index (χ3v) is 2.89. The molecule has 9 heteroatoms. The van der Waals surface area contributed by atoms with Crippen LogP contribution in [0.4, 0.5) is 22.0 Å². The molecule has 22 heavy (non-hydrogen) atoms. The molecule has 2 heterocycles. The van der Waals surface area contributed by atoms with Gasteiger partial charge in [0.2, 0.25) is 0 Å². The summed E-state index contributed by atoms with van der Waals surface area (Å²) in [6.07, 6.45) is -7.85. The molecule has 0 atom stereocenters. The van der Waals surface area contributed by atoms with E-state index in [1.165, 1.54) is 0 Å². The minimum atomic E-state index is -4.83. The van der Waals surface area contributed by atoms with Crippen LogP contribution in [0.2, 0.25) is 0 Å². The number of alkyl halides is 5. The van der Waals surface area contributed by atoms with E-state index in [0.29, 0.717) is 10.1 Å². The first-order chi connectivity index (χ1) is 10.4. The van der Waals surface area contributed by atoms with Gasteiger partial charge in [-0.05, 0) is 6.07 Å². The molecular weight excluding hydrogens is 307 g/mol. The van der Waals surface area contributed by atoms with E-state index < -0.39 is 29.9 Å². The monoisotopic (exact) mass is 314 g/mol. The van der Waals surface area contributed by atoms with Gasteiger partial charge in [-0.25, -0.2) is 13.8 Å². The van der Waals surface area contributed by atoms with Gasteiger partial charge < -0.3 is 0 Å². The molecule has 3 rings (SSSR count). The van der Waals surface area contributed by atoms with E-state index in [1.54, 1.807) is 30.3 Å². The number of rotatable bonds is 2. The number of halogens is 5. The Morgan fingerprint density at radius 3 is 2.27 bits per heavy atom. The summed E-state index contributed by atoms with van der Waals surface area (Å²) in [4.78, 5) is 7.07. The fraction of sp³-hybridized carbons (Fsp3) is 0.154. The van der Waals surface area contributed by atoms with Gasteiger partial charge in [-0.2, -0.15) is 22.7 Å². The van der Waals surface area contributed by atoms with Crippen LogP contribution in [-0.4, -0.2) is 19.6 Å². The Bertz CT molecular complexity index is 810. The molecular formula is C13H7F5N4. The van der Waals surface area contributed by atoms with Crippen LogP contribution in [0.25, 0.3) is 17.0 Å². The molecule has 0 fully saturated rings. The zero-order valence-electron chi connectivity index (χ0n) is 10.7. The summed E-state index contributed by atoms with van der Waals surface area (Å²) in [5, 5.41) is 3.08. The van der Waals surface area contributed by atoms with Gasteiger partial charge >= 0.3 is 6.18 Å². The molecule has 0 spiro atoms. The van der Waals surface area contributed by atoms with Crippen molar-refractivity contribution in [1.82, 2.24) is 19.6 Å². The van der Waals surface area contributed by atoms with Crippen LogP contribution in [0.1, 0.15) is 17.9 Å². The average Bonchev–Trinajstić information content (AvgIpc) is 2.91. The molecule has 114 valence electrons. The second-order valence-electron chi connectivity index (χ2n) is 4.38. The molecule has 1 aromatic carbocycles. The van der Waals surface area contributed by atoms with Gasteiger partial charge in [0.1, 0.15) is 5.69 Å². The summed E-state index contributed by atoms with van der Waals surface area (Å²) in [6, 6.07) is 9.25. The molecule has 0 bridgehead atoms. The Balaban J connectivity index is 2.25. The lowest BCUT2D eigenvalue weighted by atomic mass is 10.1. The Kier molecular flexibility index (Phi) is 3.27. The van der Waals surface area contributed by atoms with E-state index in [0.717, 1.165) is 6.07 Å². The predicted octanol–water partition coefficient (Wildman–Crippen LogP) is 3.75. The van der Waals surface area contributed by atoms with Crippen LogP contribution in [-0.2, 0) is 6.18 Å². The van der Waals surface area contributed by atoms with E-state index in [1.807, 2.05) is 0 Å². The number of aromatic nitrogens is 4. The lowest BCUT2D eigenvalue weighted by Gasteiger charge is -2.06. The van der Waals surface area contributed by atoms with E-state index in [9.17, 15) is 22.0 Å². The van der Waals surface area contributed by atoms with Gasteiger partial charge in [0.05, 0.1) is 5.69 Å². The minimum absolute atomic E-state index is 0.101. The highest BCUT2D eigenvalue weighted by Crippen LogP contribution is 2.29. The van der Waals surface area contributed by atoms with Crippen molar-refractivity contribution in [2.45, 2.75) is 12.6 Å². The fourth-order valence-corrected chi connectivity index (χ4v) is 1.92. The van der Waals surface area contributed by atoms with Crippen molar-refractivity contribution >= 4 is 5.78 Å². The molecule has 2 aromatic heterocycles. The quantitative estimate of drug-likeness (QED) is 0.677. The van der Waals surface area contributed by atoms with Crippen molar-refractivity contribution in [3.05, 3.63) is 47.9 Å². The highest BCUT2D eigenvalue weighted by atomic mass is 19.4. The van der Waals surface area contributed by atoms with Gasteiger partial charge in [-0.15, -0.1) is 5.10 Å². The van der Waals surface area contributed by atoms with E-state index in [-0.39, 0.29) is 5.69 Å². The van der Waals surface area contributed by atoms with Gasteiger partial charge in [-0.3, -0.25) is 0 Å². The molecule has 0 aliphatic heterocycles.